The molecule has 0 radical (unpaired) electrons. The first-order chi connectivity index (χ1) is 11.4. The third-order valence-electron chi connectivity index (χ3n) is 4.99. The average molecular weight is 334 g/mol. The monoisotopic (exact) mass is 333 g/mol. The van der Waals surface area contributed by atoms with Gasteiger partial charge in [0.2, 0.25) is 0 Å². The van der Waals surface area contributed by atoms with Crippen molar-refractivity contribution < 1.29 is 9.90 Å². The van der Waals surface area contributed by atoms with E-state index in [1.165, 1.54) is 6.42 Å². The van der Waals surface area contributed by atoms with Crippen LogP contribution in [-0.4, -0.2) is 16.4 Å². The van der Waals surface area contributed by atoms with E-state index in [1.54, 1.807) is 0 Å². The molecule has 1 heterocycles. The van der Waals surface area contributed by atoms with E-state index < -0.39 is 6.10 Å². The molecule has 136 valence electrons. The summed E-state index contributed by atoms with van der Waals surface area (Å²) in [5.41, 5.74) is 4.66. The van der Waals surface area contributed by atoms with Gasteiger partial charge in [-0.3, -0.25) is 9.78 Å². The molecule has 1 atom stereocenters. The fraction of sp³-hybridized carbons (Fsp3) is 0.714. The van der Waals surface area contributed by atoms with Crippen LogP contribution in [0.4, 0.5) is 0 Å². The minimum Gasteiger partial charge on any atom is -0.388 e. The number of aliphatic hydroxyl groups is 1. The molecule has 0 saturated heterocycles. The van der Waals surface area contributed by atoms with Crippen LogP contribution in [-0.2, 0) is 6.42 Å². The van der Waals surface area contributed by atoms with Crippen LogP contribution in [0.3, 0.4) is 0 Å². The van der Waals surface area contributed by atoms with Crippen LogP contribution in [0.2, 0.25) is 0 Å². The SMILES string of the molecule is CC.CC.Cc1c(C=O)c(C2CCC2)nc2c1[C@@H](O)CC(C)(C)C2. The highest BCUT2D eigenvalue weighted by molar-refractivity contribution is 5.80. The predicted molar refractivity (Wildman–Crippen MR) is 101 cm³/mol. The Morgan fingerprint density at radius 3 is 2.21 bits per heavy atom. The molecule has 0 unspecified atom stereocenters. The van der Waals surface area contributed by atoms with Crippen LogP contribution >= 0.6 is 0 Å². The summed E-state index contributed by atoms with van der Waals surface area (Å²) in [7, 11) is 0. The number of aldehydes is 1. The van der Waals surface area contributed by atoms with E-state index in [0.717, 1.165) is 60.0 Å². The van der Waals surface area contributed by atoms with Crippen molar-refractivity contribution in [3.8, 4) is 0 Å². The molecular weight excluding hydrogens is 298 g/mol. The van der Waals surface area contributed by atoms with Crippen molar-refractivity contribution in [1.82, 2.24) is 4.98 Å². The van der Waals surface area contributed by atoms with Crippen molar-refractivity contribution in [2.24, 2.45) is 5.41 Å². The number of fused-ring (bicyclic) bond motifs is 1. The normalized spacial score (nSPS) is 21.2. The van der Waals surface area contributed by atoms with E-state index in [-0.39, 0.29) is 5.41 Å². The lowest BCUT2D eigenvalue weighted by Crippen LogP contribution is -2.29. The summed E-state index contributed by atoms with van der Waals surface area (Å²) in [4.78, 5) is 16.3. The lowest BCUT2D eigenvalue weighted by Gasteiger charge is -2.37. The summed E-state index contributed by atoms with van der Waals surface area (Å²) < 4.78 is 0. The van der Waals surface area contributed by atoms with Gasteiger partial charge in [0, 0.05) is 22.7 Å². The maximum atomic E-state index is 11.5. The summed E-state index contributed by atoms with van der Waals surface area (Å²) in [6.45, 7) is 14.3. The van der Waals surface area contributed by atoms with Crippen LogP contribution in [0.5, 0.6) is 0 Å². The van der Waals surface area contributed by atoms with E-state index in [1.807, 2.05) is 34.6 Å². The number of carbonyl (C=O) groups is 1. The van der Waals surface area contributed by atoms with Crippen LogP contribution < -0.4 is 0 Å². The quantitative estimate of drug-likeness (QED) is 0.724. The number of pyridine rings is 1. The smallest absolute Gasteiger partial charge is 0.152 e. The minimum atomic E-state index is -0.490. The fourth-order valence-corrected chi connectivity index (χ4v) is 3.69. The zero-order chi connectivity index (χ0) is 18.5. The molecule has 1 fully saturated rings. The maximum Gasteiger partial charge on any atom is 0.152 e. The molecule has 2 aliphatic rings. The molecule has 1 aromatic heterocycles. The third-order valence-corrected chi connectivity index (χ3v) is 4.99. The second kappa shape index (κ2) is 8.75. The van der Waals surface area contributed by atoms with Gasteiger partial charge in [0.15, 0.2) is 6.29 Å². The van der Waals surface area contributed by atoms with Crippen molar-refractivity contribution in [1.29, 1.82) is 0 Å². The standard InChI is InChI=1S/C17H23NO2.2C2H6/c1-10-12(9-19)16(11-5-4-6-11)18-13-7-17(2,3)8-14(20)15(10)13;2*1-2/h9,11,14,20H,4-8H2,1-3H3;2*1-2H3/t14-;;/m0../s1. The first-order valence-electron chi connectivity index (χ1n) is 9.59. The van der Waals surface area contributed by atoms with Gasteiger partial charge in [0.1, 0.15) is 0 Å². The van der Waals surface area contributed by atoms with Gasteiger partial charge in [-0.1, -0.05) is 48.0 Å². The molecule has 1 saturated carbocycles. The van der Waals surface area contributed by atoms with Gasteiger partial charge in [-0.2, -0.15) is 0 Å². The molecule has 24 heavy (non-hydrogen) atoms. The van der Waals surface area contributed by atoms with Gasteiger partial charge >= 0.3 is 0 Å². The van der Waals surface area contributed by atoms with Crippen molar-refractivity contribution in [3.05, 3.63) is 28.1 Å². The summed E-state index contributed by atoms with van der Waals surface area (Å²) >= 11 is 0. The Kier molecular flexibility index (Phi) is 7.59. The first-order valence-corrected chi connectivity index (χ1v) is 9.59. The fourth-order valence-electron chi connectivity index (χ4n) is 3.69. The Morgan fingerprint density at radius 2 is 1.75 bits per heavy atom. The predicted octanol–water partition coefficient (Wildman–Crippen LogP) is 5.53. The zero-order valence-corrected chi connectivity index (χ0v) is 16.6. The molecular formula is C21H35NO2. The molecule has 0 bridgehead atoms. The Hall–Kier alpha value is -1.22. The summed E-state index contributed by atoms with van der Waals surface area (Å²) in [6, 6.07) is 0. The molecule has 3 heteroatoms. The highest BCUT2D eigenvalue weighted by Gasteiger charge is 2.36. The number of aliphatic hydroxyl groups excluding tert-OH is 1. The van der Waals surface area contributed by atoms with Gasteiger partial charge in [-0.05, 0) is 43.6 Å². The van der Waals surface area contributed by atoms with Gasteiger partial charge in [0.05, 0.1) is 11.8 Å². The molecule has 1 aromatic rings. The largest absolute Gasteiger partial charge is 0.388 e. The topological polar surface area (TPSA) is 50.2 Å². The number of carbonyl (C=O) groups excluding carboxylic acids is 1. The molecule has 0 aromatic carbocycles. The lowest BCUT2D eigenvalue weighted by molar-refractivity contribution is 0.0970. The van der Waals surface area contributed by atoms with E-state index in [4.69, 9.17) is 4.98 Å². The Balaban J connectivity index is 0.000000671. The number of hydrogen-bond acceptors (Lipinski definition) is 3. The van der Waals surface area contributed by atoms with Gasteiger partial charge in [0.25, 0.3) is 0 Å². The van der Waals surface area contributed by atoms with Gasteiger partial charge in [-0.25, -0.2) is 0 Å². The van der Waals surface area contributed by atoms with Crippen LogP contribution in [0, 0.1) is 12.3 Å². The first kappa shape index (κ1) is 20.8. The van der Waals surface area contributed by atoms with E-state index in [2.05, 4.69) is 13.8 Å². The van der Waals surface area contributed by atoms with Crippen molar-refractivity contribution in [2.75, 3.05) is 0 Å². The minimum absolute atomic E-state index is 0.0748. The maximum absolute atomic E-state index is 11.5. The number of rotatable bonds is 2. The van der Waals surface area contributed by atoms with Crippen LogP contribution in [0.15, 0.2) is 0 Å². The summed E-state index contributed by atoms with van der Waals surface area (Å²) in [6.07, 6.45) is 5.58. The highest BCUT2D eigenvalue weighted by atomic mass is 16.3. The molecule has 0 aliphatic heterocycles. The summed E-state index contributed by atoms with van der Waals surface area (Å²) in [5, 5.41) is 10.4. The van der Waals surface area contributed by atoms with Gasteiger partial charge < -0.3 is 5.11 Å². The second-order valence-corrected chi connectivity index (χ2v) is 7.20. The molecule has 0 spiro atoms. The van der Waals surface area contributed by atoms with E-state index in [9.17, 15) is 9.90 Å². The average Bonchev–Trinajstić information content (AvgIpc) is 2.48. The number of aromatic nitrogens is 1. The molecule has 0 amide bonds. The van der Waals surface area contributed by atoms with E-state index >= 15 is 0 Å². The van der Waals surface area contributed by atoms with Crippen molar-refractivity contribution in [2.45, 2.75) is 92.6 Å². The highest BCUT2D eigenvalue weighted by Crippen LogP contribution is 2.44. The number of nitrogens with zero attached hydrogens (tertiary/aromatic N) is 1. The molecule has 3 rings (SSSR count). The molecule has 1 N–H and O–H groups in total. The molecule has 2 aliphatic carbocycles. The summed E-state index contributed by atoms with van der Waals surface area (Å²) in [5.74, 6) is 0.446. The number of hydrogen-bond donors (Lipinski definition) is 1. The van der Waals surface area contributed by atoms with Crippen LogP contribution in [0.1, 0.15) is 112 Å². The Bertz CT molecular complexity index is 559. The van der Waals surface area contributed by atoms with Crippen molar-refractivity contribution in [3.63, 3.8) is 0 Å². The Labute approximate surface area is 147 Å². The zero-order valence-electron chi connectivity index (χ0n) is 16.6. The third kappa shape index (κ3) is 4.05. The second-order valence-electron chi connectivity index (χ2n) is 7.20. The Morgan fingerprint density at radius 1 is 1.17 bits per heavy atom. The van der Waals surface area contributed by atoms with Crippen LogP contribution in [0.25, 0.3) is 0 Å². The van der Waals surface area contributed by atoms with E-state index in [0.29, 0.717) is 5.92 Å². The van der Waals surface area contributed by atoms with Crippen molar-refractivity contribution >= 4 is 6.29 Å². The lowest BCUT2D eigenvalue weighted by atomic mass is 9.72. The van der Waals surface area contributed by atoms with Gasteiger partial charge in [-0.15, -0.1) is 0 Å². The molecule has 3 nitrogen and oxygen atoms in total.